The van der Waals surface area contributed by atoms with E-state index in [1.54, 1.807) is 0 Å². The molecular weight excluding hydrogens is 1090 g/mol. The Bertz CT molecular complexity index is 1780. The van der Waals surface area contributed by atoms with Crippen molar-refractivity contribution in [2.24, 2.45) is 0 Å². The minimum absolute atomic E-state index is 0.225. The van der Waals surface area contributed by atoms with Crippen molar-refractivity contribution >= 4 is 5.91 Å². The van der Waals surface area contributed by atoms with E-state index in [9.17, 15) is 61.0 Å². The van der Waals surface area contributed by atoms with E-state index in [0.717, 1.165) is 77.0 Å². The van der Waals surface area contributed by atoms with E-state index in [1.807, 2.05) is 0 Å². The third kappa shape index (κ3) is 31.2. The molecule has 3 aliphatic heterocycles. The molecule has 0 aromatic carbocycles. The Kier molecular flexibility index (Phi) is 43.7. The van der Waals surface area contributed by atoms with E-state index in [-0.39, 0.29) is 18.9 Å². The van der Waals surface area contributed by atoms with E-state index < -0.39 is 124 Å². The van der Waals surface area contributed by atoms with Crippen LogP contribution in [0, 0.1) is 0 Å². The summed E-state index contributed by atoms with van der Waals surface area (Å²) >= 11 is 0. The summed E-state index contributed by atoms with van der Waals surface area (Å²) in [6.45, 7) is 1.66. The van der Waals surface area contributed by atoms with Gasteiger partial charge in [0, 0.05) is 6.42 Å². The number of ether oxygens (including phenoxy) is 6. The van der Waals surface area contributed by atoms with Crippen molar-refractivity contribution in [3.05, 3.63) is 60.8 Å². The summed E-state index contributed by atoms with van der Waals surface area (Å²) in [5, 5.41) is 121. The predicted molar refractivity (Wildman–Crippen MR) is 328 cm³/mol. The largest absolute Gasteiger partial charge is 0.394 e. The van der Waals surface area contributed by atoms with Crippen LogP contribution < -0.4 is 5.32 Å². The van der Waals surface area contributed by atoms with Crippen LogP contribution in [0.25, 0.3) is 0 Å². The summed E-state index contributed by atoms with van der Waals surface area (Å²) in [5.74, 6) is -0.275. The second-order valence-corrected chi connectivity index (χ2v) is 23.6. The fourth-order valence-corrected chi connectivity index (χ4v) is 11.0. The number of allylic oxidation sites excluding steroid dienone is 10. The van der Waals surface area contributed by atoms with Crippen molar-refractivity contribution in [3.63, 3.8) is 0 Å². The van der Waals surface area contributed by atoms with Crippen LogP contribution >= 0.6 is 0 Å². The first-order valence-electron chi connectivity index (χ1n) is 33.0. The van der Waals surface area contributed by atoms with Gasteiger partial charge < -0.3 is 89.9 Å². The van der Waals surface area contributed by atoms with Gasteiger partial charge in [0.2, 0.25) is 5.91 Å². The Balaban J connectivity index is 1.47. The van der Waals surface area contributed by atoms with Crippen LogP contribution in [0.15, 0.2) is 60.8 Å². The van der Waals surface area contributed by atoms with Gasteiger partial charge in [0.25, 0.3) is 0 Å². The second kappa shape index (κ2) is 48.4. The zero-order valence-corrected chi connectivity index (χ0v) is 51.8. The van der Waals surface area contributed by atoms with Crippen LogP contribution in [-0.4, -0.2) is 193 Å². The molecule has 0 saturated carbocycles. The highest BCUT2D eigenvalue weighted by atomic mass is 16.8. The number of aliphatic hydroxyl groups excluding tert-OH is 11. The van der Waals surface area contributed by atoms with E-state index in [1.165, 1.54) is 109 Å². The molecule has 3 heterocycles. The van der Waals surface area contributed by atoms with Crippen LogP contribution in [0.1, 0.15) is 219 Å². The molecule has 3 fully saturated rings. The minimum atomic E-state index is -1.98. The van der Waals surface area contributed by atoms with Gasteiger partial charge in [0.15, 0.2) is 18.9 Å². The first-order chi connectivity index (χ1) is 41.3. The van der Waals surface area contributed by atoms with Crippen LogP contribution in [0.4, 0.5) is 0 Å². The third-order valence-corrected chi connectivity index (χ3v) is 16.4. The van der Waals surface area contributed by atoms with E-state index in [2.05, 4.69) is 79.9 Å². The van der Waals surface area contributed by atoms with Crippen LogP contribution in [0.2, 0.25) is 0 Å². The average molecular weight is 1210 g/mol. The van der Waals surface area contributed by atoms with Crippen molar-refractivity contribution in [1.82, 2.24) is 5.32 Å². The predicted octanol–water partition coefficient (Wildman–Crippen LogP) is 7.60. The number of hydrogen-bond acceptors (Lipinski definition) is 18. The lowest BCUT2D eigenvalue weighted by Crippen LogP contribution is -2.66. The van der Waals surface area contributed by atoms with Gasteiger partial charge >= 0.3 is 0 Å². The van der Waals surface area contributed by atoms with Crippen molar-refractivity contribution in [2.45, 2.75) is 324 Å². The Hall–Kier alpha value is -2.51. The van der Waals surface area contributed by atoms with Gasteiger partial charge in [-0.2, -0.15) is 0 Å². The molecule has 19 nitrogen and oxygen atoms in total. The van der Waals surface area contributed by atoms with Crippen molar-refractivity contribution in [1.29, 1.82) is 0 Å². The number of nitrogens with one attached hydrogen (secondary N) is 1. The van der Waals surface area contributed by atoms with Crippen molar-refractivity contribution < 1.29 is 89.4 Å². The van der Waals surface area contributed by atoms with Gasteiger partial charge in [0.1, 0.15) is 73.2 Å². The van der Waals surface area contributed by atoms with E-state index >= 15 is 0 Å². The van der Waals surface area contributed by atoms with Crippen LogP contribution in [0.5, 0.6) is 0 Å². The lowest BCUT2D eigenvalue weighted by Gasteiger charge is -2.48. The van der Waals surface area contributed by atoms with Crippen molar-refractivity contribution in [3.8, 4) is 0 Å². The van der Waals surface area contributed by atoms with E-state index in [4.69, 9.17) is 28.4 Å². The van der Waals surface area contributed by atoms with Gasteiger partial charge in [-0.3, -0.25) is 4.79 Å². The SMILES string of the molecule is CC/C=C\C/C=C\C/C=C\C/C=C\C/C=C\CCCCCC(=O)NC(COC1OC(CO)C(OC2OC(CO)C(OC3OC(CO)C(O)C(O)C3O)C(O)C2O)C(O)C1O)C(O)CCCCCCCCCCCCCCCCCCCCCCC. The standard InChI is InChI=1S/C66H117NO18/c1-3-5-7-9-11-13-15-17-19-21-23-24-26-27-29-31-33-35-37-39-41-43-50(71)49(67-54(72)44-42-40-38-36-34-32-30-28-25-22-20-18-16-14-12-10-8-6-4-2)48-80-64-60(78)57(75)62(52(46-69)82-64)85-66-61(79)58(76)63(53(47-70)83-66)84-65-59(77)56(74)55(73)51(45-68)81-65/h6,8,12,14,18,20,25,28,32,34,49-53,55-66,68-71,73-79H,3-5,7,9-11,13,15-17,19,21-24,26-27,29-31,33,35-48H2,1-2H3,(H,67,72)/b8-6-,14-12-,20-18-,28-25-,34-32-. The zero-order chi connectivity index (χ0) is 61.9. The normalized spacial score (nSPS) is 29.4. The molecule has 3 saturated heterocycles. The number of rotatable bonds is 49. The second-order valence-electron chi connectivity index (χ2n) is 23.6. The molecule has 17 atom stereocenters. The van der Waals surface area contributed by atoms with Crippen molar-refractivity contribution in [2.75, 3.05) is 26.4 Å². The number of hydrogen-bond donors (Lipinski definition) is 12. The smallest absolute Gasteiger partial charge is 0.220 e. The molecule has 1 amide bonds. The Morgan fingerprint density at radius 1 is 0.435 bits per heavy atom. The average Bonchev–Trinajstić information content (AvgIpc) is 3.10. The highest BCUT2D eigenvalue weighted by molar-refractivity contribution is 5.76. The summed E-state index contributed by atoms with van der Waals surface area (Å²) in [6.07, 6.45) is 30.1. The maximum Gasteiger partial charge on any atom is 0.220 e. The molecule has 3 aliphatic rings. The molecule has 12 N–H and O–H groups in total. The molecule has 19 heteroatoms. The molecule has 0 aromatic rings. The van der Waals surface area contributed by atoms with Gasteiger partial charge in [-0.25, -0.2) is 0 Å². The van der Waals surface area contributed by atoms with E-state index in [0.29, 0.717) is 12.8 Å². The minimum Gasteiger partial charge on any atom is -0.394 e. The van der Waals surface area contributed by atoms with Gasteiger partial charge in [-0.05, 0) is 57.8 Å². The summed E-state index contributed by atoms with van der Waals surface area (Å²) in [6, 6.07) is -0.908. The van der Waals surface area contributed by atoms with Gasteiger partial charge in [0.05, 0.1) is 38.6 Å². The lowest BCUT2D eigenvalue weighted by molar-refractivity contribution is -0.379. The molecule has 0 spiro atoms. The molecule has 17 unspecified atom stereocenters. The number of unbranched alkanes of at least 4 members (excludes halogenated alkanes) is 23. The molecule has 494 valence electrons. The third-order valence-electron chi connectivity index (χ3n) is 16.4. The molecule has 3 rings (SSSR count). The first-order valence-corrected chi connectivity index (χ1v) is 33.0. The molecule has 0 radical (unpaired) electrons. The summed E-state index contributed by atoms with van der Waals surface area (Å²) < 4.78 is 34.4. The monoisotopic (exact) mass is 1210 g/mol. The number of carbonyl (C=O) groups excluding carboxylic acids is 1. The number of amides is 1. The highest BCUT2D eigenvalue weighted by Gasteiger charge is 2.53. The first kappa shape index (κ1) is 76.7. The highest BCUT2D eigenvalue weighted by Crippen LogP contribution is 2.33. The summed E-state index contributed by atoms with van der Waals surface area (Å²) in [7, 11) is 0. The Labute approximate surface area is 509 Å². The Morgan fingerprint density at radius 2 is 0.812 bits per heavy atom. The maximum absolute atomic E-state index is 13.4. The topological polar surface area (TPSA) is 307 Å². The number of carbonyl (C=O) groups is 1. The molecule has 85 heavy (non-hydrogen) atoms. The molecular formula is C66H117NO18. The molecule has 0 bridgehead atoms. The Morgan fingerprint density at radius 3 is 1.26 bits per heavy atom. The fraction of sp³-hybridized carbons (Fsp3) is 0.833. The molecule has 0 aliphatic carbocycles. The fourth-order valence-electron chi connectivity index (χ4n) is 11.0. The zero-order valence-electron chi connectivity index (χ0n) is 51.8. The van der Waals surface area contributed by atoms with Gasteiger partial charge in [-0.1, -0.05) is 216 Å². The summed E-state index contributed by atoms with van der Waals surface area (Å²) in [5.41, 5.74) is 0. The summed E-state index contributed by atoms with van der Waals surface area (Å²) in [4.78, 5) is 13.4. The van der Waals surface area contributed by atoms with Gasteiger partial charge in [-0.15, -0.1) is 0 Å². The number of aliphatic hydroxyl groups is 11. The molecule has 0 aromatic heterocycles. The maximum atomic E-state index is 13.4. The van der Waals surface area contributed by atoms with Crippen LogP contribution in [0.3, 0.4) is 0 Å². The van der Waals surface area contributed by atoms with Crippen LogP contribution in [-0.2, 0) is 33.2 Å². The quantitative estimate of drug-likeness (QED) is 0.0206. The lowest BCUT2D eigenvalue weighted by atomic mass is 9.96.